The van der Waals surface area contributed by atoms with Crippen LogP contribution in [0.5, 0.6) is 5.75 Å². The number of carbonyl (C=O) groups excluding carboxylic acids is 1. The van der Waals surface area contributed by atoms with Gasteiger partial charge >= 0.3 is 0 Å². The van der Waals surface area contributed by atoms with Gasteiger partial charge in [0.15, 0.2) is 5.69 Å². The van der Waals surface area contributed by atoms with Gasteiger partial charge < -0.3 is 15.0 Å². The average molecular weight is 376 g/mol. The van der Waals surface area contributed by atoms with Gasteiger partial charge in [-0.3, -0.25) is 4.79 Å². The first-order valence-corrected chi connectivity index (χ1v) is 9.45. The maximum atomic E-state index is 13.1. The third kappa shape index (κ3) is 3.51. The fourth-order valence-corrected chi connectivity index (χ4v) is 3.54. The van der Waals surface area contributed by atoms with Crippen molar-refractivity contribution in [3.8, 4) is 22.7 Å². The normalized spacial score (nSPS) is 16.1. The zero-order chi connectivity index (χ0) is 19.5. The Morgan fingerprint density at radius 1 is 1.18 bits per heavy atom. The third-order valence-corrected chi connectivity index (χ3v) is 5.22. The largest absolute Gasteiger partial charge is 0.497 e. The summed E-state index contributed by atoms with van der Waals surface area (Å²) in [5.41, 5.74) is 3.21. The van der Waals surface area contributed by atoms with E-state index in [9.17, 15) is 4.79 Å². The molecule has 2 aromatic carbocycles. The summed E-state index contributed by atoms with van der Waals surface area (Å²) in [4.78, 5) is 14.9. The quantitative estimate of drug-likeness (QED) is 0.744. The molecule has 1 saturated heterocycles. The van der Waals surface area contributed by atoms with Gasteiger partial charge in [0.2, 0.25) is 0 Å². The van der Waals surface area contributed by atoms with E-state index in [0.717, 1.165) is 42.2 Å². The lowest BCUT2D eigenvalue weighted by Gasteiger charge is -2.22. The van der Waals surface area contributed by atoms with E-state index in [-0.39, 0.29) is 11.9 Å². The molecule has 28 heavy (non-hydrogen) atoms. The average Bonchev–Trinajstić information content (AvgIpc) is 3.44. The van der Waals surface area contributed by atoms with Crippen LogP contribution in [0, 0.1) is 0 Å². The van der Waals surface area contributed by atoms with Crippen molar-refractivity contribution in [2.75, 3.05) is 27.2 Å². The van der Waals surface area contributed by atoms with Gasteiger partial charge in [-0.15, -0.1) is 0 Å². The molecule has 1 aromatic heterocycles. The van der Waals surface area contributed by atoms with Crippen LogP contribution in [0.4, 0.5) is 0 Å². The number of benzene rings is 2. The van der Waals surface area contributed by atoms with Crippen LogP contribution in [0.3, 0.4) is 0 Å². The highest BCUT2D eigenvalue weighted by Gasteiger charge is 2.26. The third-order valence-electron chi connectivity index (χ3n) is 5.22. The summed E-state index contributed by atoms with van der Waals surface area (Å²) in [6.45, 7) is 1.77. The number of para-hydroxylation sites is 1. The first-order chi connectivity index (χ1) is 13.7. The van der Waals surface area contributed by atoms with E-state index in [1.54, 1.807) is 12.0 Å². The highest BCUT2D eigenvalue weighted by atomic mass is 16.5. The SMILES string of the molecule is COc1ccc(-c2cc(C(=O)N(C)C3CCNC3)nn2-c2ccccc2)cc1. The number of methoxy groups -OCH3 is 1. The summed E-state index contributed by atoms with van der Waals surface area (Å²) in [6.07, 6.45) is 0.965. The standard InChI is InChI=1S/C22H24N4O2/c1-25(18-12-13-23-15-18)22(27)20-14-21(16-8-10-19(28-2)11-9-16)26(24-20)17-6-4-3-5-7-17/h3-11,14,18,23H,12-13,15H2,1-2H3. The Balaban J connectivity index is 1.74. The molecule has 6 nitrogen and oxygen atoms in total. The molecule has 0 saturated carbocycles. The monoisotopic (exact) mass is 376 g/mol. The molecule has 144 valence electrons. The highest BCUT2D eigenvalue weighted by molar-refractivity contribution is 5.93. The molecule has 0 spiro atoms. The molecule has 0 bridgehead atoms. The molecule has 1 unspecified atom stereocenters. The van der Waals surface area contributed by atoms with Gasteiger partial charge in [-0.2, -0.15) is 5.10 Å². The van der Waals surface area contributed by atoms with Gasteiger partial charge in [0.25, 0.3) is 5.91 Å². The van der Waals surface area contributed by atoms with Crippen LogP contribution in [0.15, 0.2) is 60.7 Å². The van der Waals surface area contributed by atoms with Crippen molar-refractivity contribution in [1.29, 1.82) is 0 Å². The van der Waals surface area contributed by atoms with Gasteiger partial charge in [-0.05, 0) is 55.4 Å². The van der Waals surface area contributed by atoms with E-state index in [4.69, 9.17) is 4.74 Å². The Hall–Kier alpha value is -3.12. The summed E-state index contributed by atoms with van der Waals surface area (Å²) in [5.74, 6) is 0.734. The number of carbonyl (C=O) groups is 1. The molecule has 1 fully saturated rings. The molecule has 1 N–H and O–H groups in total. The van der Waals surface area contributed by atoms with Gasteiger partial charge in [0.05, 0.1) is 18.5 Å². The lowest BCUT2D eigenvalue weighted by atomic mass is 10.1. The zero-order valence-corrected chi connectivity index (χ0v) is 16.1. The smallest absolute Gasteiger partial charge is 0.274 e. The van der Waals surface area contributed by atoms with Crippen molar-refractivity contribution >= 4 is 5.91 Å². The summed E-state index contributed by atoms with van der Waals surface area (Å²) >= 11 is 0. The number of nitrogens with one attached hydrogen (secondary N) is 1. The van der Waals surface area contributed by atoms with Gasteiger partial charge in [0, 0.05) is 25.2 Å². The van der Waals surface area contributed by atoms with Crippen LogP contribution >= 0.6 is 0 Å². The van der Waals surface area contributed by atoms with Crippen molar-refractivity contribution in [2.24, 2.45) is 0 Å². The fraction of sp³-hybridized carbons (Fsp3) is 0.273. The summed E-state index contributed by atoms with van der Waals surface area (Å²) in [5, 5.41) is 7.97. The van der Waals surface area contributed by atoms with Crippen molar-refractivity contribution in [3.05, 3.63) is 66.4 Å². The van der Waals surface area contributed by atoms with Crippen LogP contribution in [-0.4, -0.2) is 53.9 Å². The minimum absolute atomic E-state index is 0.0573. The fourth-order valence-electron chi connectivity index (χ4n) is 3.54. The molecule has 0 aliphatic carbocycles. The molecule has 0 radical (unpaired) electrons. The second-order valence-corrected chi connectivity index (χ2v) is 6.95. The molecule has 1 aliphatic heterocycles. The number of amides is 1. The zero-order valence-electron chi connectivity index (χ0n) is 16.1. The number of rotatable bonds is 5. The van der Waals surface area contributed by atoms with E-state index < -0.39 is 0 Å². The molecule has 6 heteroatoms. The van der Waals surface area contributed by atoms with Crippen molar-refractivity contribution in [1.82, 2.24) is 20.0 Å². The predicted molar refractivity (Wildman–Crippen MR) is 109 cm³/mol. The van der Waals surface area contributed by atoms with E-state index in [1.165, 1.54) is 0 Å². The lowest BCUT2D eigenvalue weighted by molar-refractivity contribution is 0.0737. The van der Waals surface area contributed by atoms with E-state index >= 15 is 0 Å². The van der Waals surface area contributed by atoms with Crippen molar-refractivity contribution in [3.63, 3.8) is 0 Å². The maximum absolute atomic E-state index is 13.1. The molecule has 1 amide bonds. The predicted octanol–water partition coefficient (Wildman–Crippen LogP) is 2.98. The topological polar surface area (TPSA) is 59.4 Å². The Morgan fingerprint density at radius 3 is 2.57 bits per heavy atom. The lowest BCUT2D eigenvalue weighted by Crippen LogP contribution is -2.38. The minimum Gasteiger partial charge on any atom is -0.497 e. The number of hydrogen-bond acceptors (Lipinski definition) is 4. The van der Waals surface area contributed by atoms with Gasteiger partial charge in [0.1, 0.15) is 5.75 Å². The number of nitrogens with zero attached hydrogens (tertiary/aromatic N) is 3. The van der Waals surface area contributed by atoms with Crippen molar-refractivity contribution < 1.29 is 9.53 Å². The van der Waals surface area contributed by atoms with Crippen LogP contribution in [0.2, 0.25) is 0 Å². The van der Waals surface area contributed by atoms with Crippen LogP contribution in [0.25, 0.3) is 16.9 Å². The number of ether oxygens (including phenoxy) is 1. The van der Waals surface area contributed by atoms with Gasteiger partial charge in [-0.25, -0.2) is 4.68 Å². The summed E-state index contributed by atoms with van der Waals surface area (Å²) in [7, 11) is 3.50. The van der Waals surface area contributed by atoms with E-state index in [0.29, 0.717) is 5.69 Å². The summed E-state index contributed by atoms with van der Waals surface area (Å²) in [6, 6.07) is 19.7. The molecular formula is C22H24N4O2. The number of hydrogen-bond donors (Lipinski definition) is 1. The van der Waals surface area contributed by atoms with Gasteiger partial charge in [-0.1, -0.05) is 18.2 Å². The molecule has 4 rings (SSSR count). The second-order valence-electron chi connectivity index (χ2n) is 6.95. The van der Waals surface area contributed by atoms with Crippen LogP contribution in [0.1, 0.15) is 16.9 Å². The first-order valence-electron chi connectivity index (χ1n) is 9.45. The van der Waals surface area contributed by atoms with E-state index in [2.05, 4.69) is 10.4 Å². The van der Waals surface area contributed by atoms with E-state index in [1.807, 2.05) is 72.4 Å². The molecule has 2 heterocycles. The Morgan fingerprint density at radius 2 is 1.93 bits per heavy atom. The molecule has 3 aromatic rings. The highest BCUT2D eigenvalue weighted by Crippen LogP contribution is 2.27. The second kappa shape index (κ2) is 7.86. The molecule has 1 atom stereocenters. The van der Waals surface area contributed by atoms with Crippen molar-refractivity contribution in [2.45, 2.75) is 12.5 Å². The molecule has 1 aliphatic rings. The maximum Gasteiger partial charge on any atom is 0.274 e. The summed E-state index contributed by atoms with van der Waals surface area (Å²) < 4.78 is 7.09. The Bertz CT molecular complexity index is 944. The number of likely N-dealkylation sites (N-methyl/N-ethyl adjacent to an activating group) is 1. The Labute approximate surface area is 164 Å². The first kappa shape index (κ1) is 18.3. The molecular weight excluding hydrogens is 352 g/mol. The Kier molecular flexibility index (Phi) is 5.12. The number of aromatic nitrogens is 2. The minimum atomic E-state index is -0.0573. The van der Waals surface area contributed by atoms with Crippen LogP contribution < -0.4 is 10.1 Å². The van der Waals surface area contributed by atoms with Crippen LogP contribution in [-0.2, 0) is 0 Å².